The van der Waals surface area contributed by atoms with E-state index in [-0.39, 0.29) is 11.7 Å². The van der Waals surface area contributed by atoms with Crippen LogP contribution in [0.2, 0.25) is 0 Å². The number of aromatic nitrogens is 1. The molecule has 1 aromatic heterocycles. The van der Waals surface area contributed by atoms with Gasteiger partial charge in [-0.3, -0.25) is 10.1 Å². The number of ether oxygens (including phenoxy) is 1. The molecule has 0 aliphatic heterocycles. The Morgan fingerprint density at radius 1 is 1.20 bits per heavy atom. The second-order valence-corrected chi connectivity index (χ2v) is 6.40. The second kappa shape index (κ2) is 7.90. The molecule has 0 aliphatic rings. The molecular weight excluding hydrogens is 339 g/mol. The number of anilines is 1. The average Bonchev–Trinajstić information content (AvgIpc) is 3.05. The number of hydrogen-bond donors (Lipinski definition) is 1. The van der Waals surface area contributed by atoms with Gasteiger partial charge in [-0.1, -0.05) is 30.3 Å². The number of nitrogens with one attached hydrogen (secondary N) is 1. The van der Waals surface area contributed by atoms with Crippen LogP contribution < -0.4 is 10.1 Å². The number of carbonyl (C=O) groups is 1. The van der Waals surface area contributed by atoms with Gasteiger partial charge in [0.15, 0.2) is 5.13 Å². The van der Waals surface area contributed by atoms with Crippen LogP contribution in [0, 0.1) is 5.82 Å². The number of amides is 1. The standard InChI is InChI=1S/C19H17FN2O2S/c1-2-24-17-10-6-4-8-15(17)18(23)22-19-21-12-14(25-19)11-13-7-3-5-9-16(13)20/h3-10,12H,2,11H2,1H3,(H,21,22,23). The van der Waals surface area contributed by atoms with E-state index in [0.29, 0.717) is 35.0 Å². The predicted octanol–water partition coefficient (Wildman–Crippen LogP) is 4.52. The molecule has 25 heavy (non-hydrogen) atoms. The first kappa shape index (κ1) is 17.1. The molecule has 0 atom stereocenters. The van der Waals surface area contributed by atoms with E-state index in [4.69, 9.17) is 4.74 Å². The van der Waals surface area contributed by atoms with Crippen LogP contribution >= 0.6 is 11.3 Å². The zero-order valence-corrected chi connectivity index (χ0v) is 14.5. The molecule has 6 heteroatoms. The van der Waals surface area contributed by atoms with Crippen LogP contribution in [0.15, 0.2) is 54.7 Å². The largest absolute Gasteiger partial charge is 0.493 e. The van der Waals surface area contributed by atoms with Gasteiger partial charge in [0.05, 0.1) is 12.2 Å². The Bertz CT molecular complexity index is 879. The third kappa shape index (κ3) is 4.22. The van der Waals surface area contributed by atoms with Gasteiger partial charge in [0.2, 0.25) is 0 Å². The molecule has 1 N–H and O–H groups in total. The molecule has 128 valence electrons. The van der Waals surface area contributed by atoms with E-state index >= 15 is 0 Å². The van der Waals surface area contributed by atoms with Gasteiger partial charge in [0.1, 0.15) is 11.6 Å². The van der Waals surface area contributed by atoms with Crippen LogP contribution in [0.4, 0.5) is 9.52 Å². The summed E-state index contributed by atoms with van der Waals surface area (Å²) in [5.74, 6) is 0.00797. The van der Waals surface area contributed by atoms with Crippen molar-refractivity contribution < 1.29 is 13.9 Å². The van der Waals surface area contributed by atoms with Gasteiger partial charge in [0, 0.05) is 17.5 Å². The minimum Gasteiger partial charge on any atom is -0.493 e. The van der Waals surface area contributed by atoms with Crippen LogP contribution in [0.1, 0.15) is 27.7 Å². The third-order valence-electron chi connectivity index (χ3n) is 3.53. The maximum absolute atomic E-state index is 13.7. The summed E-state index contributed by atoms with van der Waals surface area (Å²) in [7, 11) is 0. The minimum atomic E-state index is -0.282. The smallest absolute Gasteiger partial charge is 0.261 e. The Kier molecular flexibility index (Phi) is 5.40. The second-order valence-electron chi connectivity index (χ2n) is 5.28. The monoisotopic (exact) mass is 356 g/mol. The molecule has 0 fully saturated rings. The molecule has 0 saturated carbocycles. The van der Waals surface area contributed by atoms with Crippen molar-refractivity contribution in [3.63, 3.8) is 0 Å². The van der Waals surface area contributed by atoms with E-state index in [1.165, 1.54) is 17.4 Å². The molecule has 0 radical (unpaired) electrons. The van der Waals surface area contributed by atoms with E-state index < -0.39 is 0 Å². The molecule has 3 rings (SSSR count). The van der Waals surface area contributed by atoms with Crippen LogP contribution in [-0.2, 0) is 6.42 Å². The number of benzene rings is 2. The summed E-state index contributed by atoms with van der Waals surface area (Å²) in [6.07, 6.45) is 2.09. The van der Waals surface area contributed by atoms with Gasteiger partial charge in [-0.2, -0.15) is 0 Å². The lowest BCUT2D eigenvalue weighted by Gasteiger charge is -2.08. The quantitative estimate of drug-likeness (QED) is 0.706. The van der Waals surface area contributed by atoms with E-state index in [1.54, 1.807) is 42.6 Å². The molecule has 2 aromatic carbocycles. The molecule has 1 heterocycles. The van der Waals surface area contributed by atoms with Crippen LogP contribution in [-0.4, -0.2) is 17.5 Å². The number of thiazole rings is 1. The zero-order chi connectivity index (χ0) is 17.6. The SMILES string of the molecule is CCOc1ccccc1C(=O)Nc1ncc(Cc2ccccc2F)s1. The van der Waals surface area contributed by atoms with Gasteiger partial charge >= 0.3 is 0 Å². The lowest BCUT2D eigenvalue weighted by molar-refractivity contribution is 0.102. The lowest BCUT2D eigenvalue weighted by Crippen LogP contribution is -2.13. The summed E-state index contributed by atoms with van der Waals surface area (Å²) in [6.45, 7) is 2.35. The number of nitrogens with zero attached hydrogens (tertiary/aromatic N) is 1. The molecule has 0 bridgehead atoms. The maximum Gasteiger partial charge on any atom is 0.261 e. The van der Waals surface area contributed by atoms with Crippen LogP contribution in [0.5, 0.6) is 5.75 Å². The van der Waals surface area contributed by atoms with Gasteiger partial charge in [-0.25, -0.2) is 9.37 Å². The zero-order valence-electron chi connectivity index (χ0n) is 13.7. The van der Waals surface area contributed by atoms with E-state index in [0.717, 1.165) is 4.88 Å². The summed E-state index contributed by atoms with van der Waals surface area (Å²) in [4.78, 5) is 17.5. The first-order chi connectivity index (χ1) is 12.2. The van der Waals surface area contributed by atoms with Crippen molar-refractivity contribution in [1.82, 2.24) is 4.98 Å². The number of halogens is 1. The topological polar surface area (TPSA) is 51.2 Å². The number of hydrogen-bond acceptors (Lipinski definition) is 4. The van der Waals surface area contributed by atoms with E-state index in [9.17, 15) is 9.18 Å². The molecular formula is C19H17FN2O2S. The highest BCUT2D eigenvalue weighted by molar-refractivity contribution is 7.15. The molecule has 0 saturated heterocycles. The average molecular weight is 356 g/mol. The fraction of sp³-hybridized carbons (Fsp3) is 0.158. The minimum absolute atomic E-state index is 0.243. The summed E-state index contributed by atoms with van der Waals surface area (Å²) in [5.41, 5.74) is 1.06. The predicted molar refractivity (Wildman–Crippen MR) is 96.9 cm³/mol. The fourth-order valence-corrected chi connectivity index (χ4v) is 3.21. The summed E-state index contributed by atoms with van der Waals surface area (Å²) < 4.78 is 19.2. The van der Waals surface area contributed by atoms with E-state index in [2.05, 4.69) is 10.3 Å². The molecule has 1 amide bonds. The number of para-hydroxylation sites is 1. The van der Waals surface area contributed by atoms with Crippen molar-refractivity contribution in [2.45, 2.75) is 13.3 Å². The molecule has 0 aliphatic carbocycles. The Balaban J connectivity index is 1.71. The van der Waals surface area contributed by atoms with Gasteiger partial charge in [-0.15, -0.1) is 11.3 Å². The van der Waals surface area contributed by atoms with Gasteiger partial charge in [0.25, 0.3) is 5.91 Å². The Labute approximate surface area is 149 Å². The molecule has 4 nitrogen and oxygen atoms in total. The normalized spacial score (nSPS) is 10.5. The van der Waals surface area contributed by atoms with Crippen LogP contribution in [0.3, 0.4) is 0 Å². The Morgan fingerprint density at radius 2 is 1.96 bits per heavy atom. The summed E-state index contributed by atoms with van der Waals surface area (Å²) >= 11 is 1.33. The van der Waals surface area contributed by atoms with Crippen molar-refractivity contribution >= 4 is 22.4 Å². The molecule has 3 aromatic rings. The van der Waals surface area contributed by atoms with Crippen molar-refractivity contribution in [3.8, 4) is 5.75 Å². The first-order valence-corrected chi connectivity index (χ1v) is 8.70. The van der Waals surface area contributed by atoms with Crippen molar-refractivity contribution in [1.29, 1.82) is 0 Å². The highest BCUT2D eigenvalue weighted by atomic mass is 32.1. The first-order valence-electron chi connectivity index (χ1n) is 7.88. The Morgan fingerprint density at radius 3 is 2.76 bits per heavy atom. The van der Waals surface area contributed by atoms with Crippen molar-refractivity contribution in [2.75, 3.05) is 11.9 Å². The highest BCUT2D eigenvalue weighted by Crippen LogP contribution is 2.24. The van der Waals surface area contributed by atoms with Crippen LogP contribution in [0.25, 0.3) is 0 Å². The summed E-state index contributed by atoms with van der Waals surface area (Å²) in [6, 6.07) is 13.7. The number of rotatable bonds is 6. The van der Waals surface area contributed by atoms with Crippen molar-refractivity contribution in [2.24, 2.45) is 0 Å². The highest BCUT2D eigenvalue weighted by Gasteiger charge is 2.14. The van der Waals surface area contributed by atoms with E-state index in [1.807, 2.05) is 13.0 Å². The number of carbonyl (C=O) groups excluding carboxylic acids is 1. The maximum atomic E-state index is 13.7. The molecule has 0 spiro atoms. The summed E-state index contributed by atoms with van der Waals surface area (Å²) in [5, 5.41) is 3.25. The third-order valence-corrected chi connectivity index (χ3v) is 4.44. The molecule has 0 unspecified atom stereocenters. The van der Waals surface area contributed by atoms with Gasteiger partial charge in [-0.05, 0) is 30.7 Å². The lowest BCUT2D eigenvalue weighted by atomic mass is 10.1. The van der Waals surface area contributed by atoms with Crippen molar-refractivity contribution in [3.05, 3.63) is 76.5 Å². The fourth-order valence-electron chi connectivity index (χ4n) is 2.38. The van der Waals surface area contributed by atoms with Gasteiger partial charge < -0.3 is 4.74 Å². The Hall–Kier alpha value is -2.73.